The van der Waals surface area contributed by atoms with Gasteiger partial charge in [0.25, 0.3) is 5.91 Å². The maximum absolute atomic E-state index is 12.6. The summed E-state index contributed by atoms with van der Waals surface area (Å²) in [4.78, 5) is 14.6. The molecule has 1 aromatic rings. The van der Waals surface area contributed by atoms with Crippen LogP contribution in [-0.2, 0) is 0 Å². The summed E-state index contributed by atoms with van der Waals surface area (Å²) in [6.45, 7) is 2.78. The van der Waals surface area contributed by atoms with Crippen LogP contribution in [0.2, 0.25) is 5.02 Å². The number of rotatable bonds is 1. The lowest BCUT2D eigenvalue weighted by Gasteiger charge is -2.24. The van der Waals surface area contributed by atoms with Gasteiger partial charge in [0.15, 0.2) is 0 Å². The Kier molecular flexibility index (Phi) is 4.01. The van der Waals surface area contributed by atoms with Crippen LogP contribution in [0.25, 0.3) is 0 Å². The molecule has 1 N–H and O–H groups in total. The minimum absolute atomic E-state index is 0.114. The zero-order valence-electron chi connectivity index (χ0n) is 10.5. The van der Waals surface area contributed by atoms with Gasteiger partial charge < -0.3 is 10.2 Å². The molecule has 2 aliphatic heterocycles. The van der Waals surface area contributed by atoms with E-state index in [-0.39, 0.29) is 5.91 Å². The van der Waals surface area contributed by atoms with Crippen LogP contribution in [0.4, 0.5) is 0 Å². The van der Waals surface area contributed by atoms with Crippen LogP contribution in [0.3, 0.4) is 0 Å². The highest BCUT2D eigenvalue weighted by atomic mass is 127. The smallest absolute Gasteiger partial charge is 0.255 e. The lowest BCUT2D eigenvalue weighted by atomic mass is 9.94. The third kappa shape index (κ3) is 2.76. The quantitative estimate of drug-likeness (QED) is 0.748. The average Bonchev–Trinajstić information content (AvgIpc) is 2.84. The predicted molar refractivity (Wildman–Crippen MR) is 84.6 cm³/mol. The maximum Gasteiger partial charge on any atom is 0.255 e. The Labute approximate surface area is 131 Å². The number of carbonyl (C=O) groups is 1. The molecule has 3 rings (SSSR count). The third-order valence-electron chi connectivity index (χ3n) is 4.05. The van der Waals surface area contributed by atoms with E-state index in [1.165, 1.54) is 12.8 Å². The van der Waals surface area contributed by atoms with Crippen molar-refractivity contribution in [3.05, 3.63) is 32.4 Å². The van der Waals surface area contributed by atoms with Crippen molar-refractivity contribution in [2.45, 2.75) is 18.9 Å². The van der Waals surface area contributed by atoms with Crippen LogP contribution in [-0.4, -0.2) is 36.5 Å². The van der Waals surface area contributed by atoms with Gasteiger partial charge in [0.1, 0.15) is 0 Å². The molecule has 0 saturated carbocycles. The molecule has 1 aromatic carbocycles. The van der Waals surface area contributed by atoms with E-state index in [1.54, 1.807) is 6.07 Å². The van der Waals surface area contributed by atoms with Gasteiger partial charge in [-0.25, -0.2) is 0 Å². The van der Waals surface area contributed by atoms with Crippen molar-refractivity contribution in [2.24, 2.45) is 5.92 Å². The Bertz CT molecular complexity index is 494. The molecule has 2 heterocycles. The minimum Gasteiger partial charge on any atom is -0.337 e. The fraction of sp³-hybridized carbons (Fsp3) is 0.500. The van der Waals surface area contributed by atoms with Crippen LogP contribution in [0.5, 0.6) is 0 Å². The topological polar surface area (TPSA) is 32.3 Å². The zero-order chi connectivity index (χ0) is 13.4. The highest BCUT2D eigenvalue weighted by Crippen LogP contribution is 2.27. The number of carbonyl (C=O) groups excluding carboxylic acids is 1. The molecule has 2 unspecified atom stereocenters. The van der Waals surface area contributed by atoms with Gasteiger partial charge in [-0.05, 0) is 66.1 Å². The van der Waals surface area contributed by atoms with Gasteiger partial charge in [-0.1, -0.05) is 11.6 Å². The zero-order valence-corrected chi connectivity index (χ0v) is 13.4. The summed E-state index contributed by atoms with van der Waals surface area (Å²) < 4.78 is 0.967. The van der Waals surface area contributed by atoms with Crippen molar-refractivity contribution in [3.8, 4) is 0 Å². The molecule has 3 nitrogen and oxygen atoms in total. The van der Waals surface area contributed by atoms with Crippen LogP contribution < -0.4 is 5.32 Å². The molecule has 0 aliphatic carbocycles. The minimum atomic E-state index is 0.114. The second-order valence-corrected chi connectivity index (χ2v) is 6.90. The lowest BCUT2D eigenvalue weighted by Crippen LogP contribution is -2.41. The van der Waals surface area contributed by atoms with Crippen molar-refractivity contribution in [2.75, 3.05) is 19.6 Å². The van der Waals surface area contributed by atoms with E-state index in [0.717, 1.165) is 28.8 Å². The normalized spacial score (nSPS) is 26.3. The fourth-order valence-corrected chi connectivity index (χ4v) is 3.78. The first-order chi connectivity index (χ1) is 9.15. The standard InChI is InChI=1S/C14H16ClIN2O/c15-10-3-4-12(16)11(6-10)14(19)18-7-9-2-1-5-17-13(9)8-18/h3-4,6,9,13,17H,1-2,5,7-8H2. The van der Waals surface area contributed by atoms with Crippen LogP contribution in [0.1, 0.15) is 23.2 Å². The van der Waals surface area contributed by atoms with E-state index in [9.17, 15) is 4.79 Å². The highest BCUT2D eigenvalue weighted by molar-refractivity contribution is 14.1. The Morgan fingerprint density at radius 3 is 3.05 bits per heavy atom. The molecular formula is C14H16ClIN2O. The van der Waals surface area contributed by atoms with Crippen molar-refractivity contribution in [3.63, 3.8) is 0 Å². The van der Waals surface area contributed by atoms with E-state index < -0.39 is 0 Å². The predicted octanol–water partition coefficient (Wildman–Crippen LogP) is 2.77. The van der Waals surface area contributed by atoms with Crippen molar-refractivity contribution in [1.82, 2.24) is 10.2 Å². The number of nitrogens with one attached hydrogen (secondary N) is 1. The number of fused-ring (bicyclic) bond motifs is 1. The average molecular weight is 391 g/mol. The third-order valence-corrected chi connectivity index (χ3v) is 5.22. The van der Waals surface area contributed by atoms with E-state index in [0.29, 0.717) is 17.0 Å². The Morgan fingerprint density at radius 2 is 2.26 bits per heavy atom. The van der Waals surface area contributed by atoms with Crippen LogP contribution >= 0.6 is 34.2 Å². The summed E-state index contributed by atoms with van der Waals surface area (Å²) in [5, 5.41) is 4.15. The van der Waals surface area contributed by atoms with E-state index in [1.807, 2.05) is 17.0 Å². The molecule has 0 radical (unpaired) electrons. The summed E-state index contributed by atoms with van der Waals surface area (Å²) in [6, 6.07) is 5.99. The monoisotopic (exact) mass is 390 g/mol. The summed E-state index contributed by atoms with van der Waals surface area (Å²) in [6.07, 6.45) is 2.45. The van der Waals surface area contributed by atoms with Crippen LogP contribution in [0, 0.1) is 9.49 Å². The molecule has 102 valence electrons. The number of hydrogen-bond acceptors (Lipinski definition) is 2. The Balaban J connectivity index is 1.79. The van der Waals surface area contributed by atoms with E-state index in [4.69, 9.17) is 11.6 Å². The van der Waals surface area contributed by atoms with Crippen molar-refractivity contribution in [1.29, 1.82) is 0 Å². The number of amides is 1. The van der Waals surface area contributed by atoms with Gasteiger partial charge in [-0.3, -0.25) is 4.79 Å². The van der Waals surface area contributed by atoms with Crippen LogP contribution in [0.15, 0.2) is 18.2 Å². The van der Waals surface area contributed by atoms with Gasteiger partial charge in [0, 0.05) is 27.7 Å². The first-order valence-electron chi connectivity index (χ1n) is 6.63. The summed E-state index contributed by atoms with van der Waals surface area (Å²) >= 11 is 8.20. The molecule has 19 heavy (non-hydrogen) atoms. The molecule has 0 spiro atoms. The lowest BCUT2D eigenvalue weighted by molar-refractivity contribution is 0.0784. The van der Waals surface area contributed by atoms with Crippen molar-refractivity contribution < 1.29 is 4.79 Å². The number of halogens is 2. The molecule has 0 bridgehead atoms. The molecular weight excluding hydrogens is 375 g/mol. The molecule has 2 saturated heterocycles. The summed E-state index contributed by atoms with van der Waals surface area (Å²) in [5.74, 6) is 0.734. The number of piperidine rings is 1. The van der Waals surface area contributed by atoms with Gasteiger partial charge in [0.2, 0.25) is 0 Å². The first kappa shape index (κ1) is 13.6. The van der Waals surface area contributed by atoms with E-state index in [2.05, 4.69) is 27.9 Å². The molecule has 1 amide bonds. The first-order valence-corrected chi connectivity index (χ1v) is 8.08. The van der Waals surface area contributed by atoms with Gasteiger partial charge in [-0.2, -0.15) is 0 Å². The number of nitrogens with zero attached hydrogens (tertiary/aromatic N) is 1. The molecule has 2 aliphatic rings. The number of likely N-dealkylation sites (tertiary alicyclic amines) is 1. The van der Waals surface area contributed by atoms with Gasteiger partial charge >= 0.3 is 0 Å². The second-order valence-electron chi connectivity index (χ2n) is 5.30. The van der Waals surface area contributed by atoms with Crippen molar-refractivity contribution >= 4 is 40.1 Å². The fourth-order valence-electron chi connectivity index (χ4n) is 3.04. The van der Waals surface area contributed by atoms with E-state index >= 15 is 0 Å². The summed E-state index contributed by atoms with van der Waals surface area (Å²) in [5.41, 5.74) is 0.728. The Morgan fingerprint density at radius 1 is 1.42 bits per heavy atom. The molecule has 0 aromatic heterocycles. The molecule has 5 heteroatoms. The highest BCUT2D eigenvalue weighted by Gasteiger charge is 2.36. The number of benzene rings is 1. The van der Waals surface area contributed by atoms with Gasteiger partial charge in [0.05, 0.1) is 5.56 Å². The maximum atomic E-state index is 12.6. The van der Waals surface area contributed by atoms with Gasteiger partial charge in [-0.15, -0.1) is 0 Å². The SMILES string of the molecule is O=C(c1cc(Cl)ccc1I)N1CC2CCCNC2C1. The molecule has 2 fully saturated rings. The Hall–Kier alpha value is -0.330. The summed E-state index contributed by atoms with van der Waals surface area (Å²) in [7, 11) is 0. The molecule has 2 atom stereocenters. The largest absolute Gasteiger partial charge is 0.337 e. The number of hydrogen-bond donors (Lipinski definition) is 1. The second kappa shape index (κ2) is 5.58.